The minimum Gasteiger partial charge on any atom is -0.483 e. The number of carbonyl (C=O) groups excluding carboxylic acids is 1. The van der Waals surface area contributed by atoms with E-state index in [1.807, 2.05) is 19.1 Å². The molecule has 1 N–H and O–H groups in total. The van der Waals surface area contributed by atoms with Gasteiger partial charge in [0, 0.05) is 11.2 Å². The Bertz CT molecular complexity index is 634. The van der Waals surface area contributed by atoms with Gasteiger partial charge < -0.3 is 10.1 Å². The summed E-state index contributed by atoms with van der Waals surface area (Å²) in [5.74, 6) is 0.826. The Balaban J connectivity index is 1.94. The van der Waals surface area contributed by atoms with Crippen molar-refractivity contribution in [1.82, 2.24) is 4.98 Å². The second kappa shape index (κ2) is 6.72. The van der Waals surface area contributed by atoms with Gasteiger partial charge in [-0.15, -0.1) is 0 Å². The topological polar surface area (TPSA) is 51.2 Å². The molecule has 0 aliphatic heterocycles. The molecule has 0 saturated carbocycles. The lowest BCUT2D eigenvalue weighted by Gasteiger charge is -2.09. The lowest BCUT2D eigenvalue weighted by molar-refractivity contribution is -0.118. The molecule has 1 aromatic carbocycles. The number of amides is 1. The van der Waals surface area contributed by atoms with Crippen molar-refractivity contribution in [2.75, 3.05) is 11.9 Å². The molecular weight excluding hydrogens is 344 g/mol. The van der Waals surface area contributed by atoms with Crippen molar-refractivity contribution in [3.8, 4) is 5.75 Å². The van der Waals surface area contributed by atoms with Gasteiger partial charge >= 0.3 is 0 Å². The van der Waals surface area contributed by atoms with Gasteiger partial charge in [0.05, 0.1) is 4.47 Å². The Labute approximate surface area is 130 Å². The first kappa shape index (κ1) is 14.8. The number of ether oxygens (including phenoxy) is 1. The maximum Gasteiger partial charge on any atom is 0.263 e. The SMILES string of the molecule is Cc1cccnc1NC(=O)COc1ccc(Cl)cc1Br. The van der Waals surface area contributed by atoms with Gasteiger partial charge in [-0.1, -0.05) is 17.7 Å². The number of benzene rings is 1. The molecule has 0 saturated heterocycles. The van der Waals surface area contributed by atoms with E-state index in [0.717, 1.165) is 5.56 Å². The maximum atomic E-state index is 11.8. The second-order valence-corrected chi connectivity index (χ2v) is 5.37. The molecule has 0 fully saturated rings. The van der Waals surface area contributed by atoms with Gasteiger partial charge in [-0.2, -0.15) is 0 Å². The molecule has 4 nitrogen and oxygen atoms in total. The van der Waals surface area contributed by atoms with Crippen molar-refractivity contribution in [3.63, 3.8) is 0 Å². The second-order valence-electron chi connectivity index (χ2n) is 4.08. The summed E-state index contributed by atoms with van der Waals surface area (Å²) in [6, 6.07) is 8.79. The third kappa shape index (κ3) is 3.95. The number of pyridine rings is 1. The molecule has 0 aliphatic rings. The standard InChI is InChI=1S/C14H12BrClN2O2/c1-9-3-2-6-17-14(9)18-13(19)8-20-12-5-4-10(16)7-11(12)15/h2-7H,8H2,1H3,(H,17,18,19). The summed E-state index contributed by atoms with van der Waals surface area (Å²) < 4.78 is 6.12. The van der Waals surface area contributed by atoms with Crippen LogP contribution in [0.5, 0.6) is 5.75 Å². The van der Waals surface area contributed by atoms with E-state index in [-0.39, 0.29) is 12.5 Å². The van der Waals surface area contributed by atoms with Crippen LogP contribution in [0.25, 0.3) is 0 Å². The van der Waals surface area contributed by atoms with Crippen molar-refractivity contribution in [1.29, 1.82) is 0 Å². The van der Waals surface area contributed by atoms with Crippen LogP contribution in [0.3, 0.4) is 0 Å². The summed E-state index contributed by atoms with van der Waals surface area (Å²) in [6.07, 6.45) is 1.62. The number of halogens is 2. The average molecular weight is 356 g/mol. The highest BCUT2D eigenvalue weighted by Crippen LogP contribution is 2.27. The van der Waals surface area contributed by atoms with E-state index in [1.54, 1.807) is 24.4 Å². The van der Waals surface area contributed by atoms with Crippen molar-refractivity contribution >= 4 is 39.3 Å². The summed E-state index contributed by atoms with van der Waals surface area (Å²) in [5, 5.41) is 3.29. The number of carbonyl (C=O) groups is 1. The van der Waals surface area contributed by atoms with Crippen LogP contribution in [0.15, 0.2) is 41.0 Å². The zero-order chi connectivity index (χ0) is 14.5. The molecule has 2 rings (SSSR count). The zero-order valence-electron chi connectivity index (χ0n) is 10.7. The molecule has 0 radical (unpaired) electrons. The van der Waals surface area contributed by atoms with Gasteiger partial charge in [0.1, 0.15) is 11.6 Å². The number of rotatable bonds is 4. The predicted molar refractivity (Wildman–Crippen MR) is 82.3 cm³/mol. The molecule has 0 spiro atoms. The van der Waals surface area contributed by atoms with E-state index in [0.29, 0.717) is 21.1 Å². The lowest BCUT2D eigenvalue weighted by Crippen LogP contribution is -2.21. The molecule has 0 atom stereocenters. The van der Waals surface area contributed by atoms with E-state index in [1.165, 1.54) is 0 Å². The van der Waals surface area contributed by atoms with Gasteiger partial charge in [-0.05, 0) is 52.7 Å². The van der Waals surface area contributed by atoms with E-state index in [4.69, 9.17) is 16.3 Å². The molecule has 1 aromatic heterocycles. The van der Waals surface area contributed by atoms with Gasteiger partial charge in [0.15, 0.2) is 6.61 Å². The van der Waals surface area contributed by atoms with Crippen LogP contribution in [-0.2, 0) is 4.79 Å². The van der Waals surface area contributed by atoms with E-state index >= 15 is 0 Å². The summed E-state index contributed by atoms with van der Waals surface area (Å²) in [5.41, 5.74) is 0.897. The molecule has 6 heteroatoms. The highest BCUT2D eigenvalue weighted by Gasteiger charge is 2.08. The third-order valence-corrected chi connectivity index (χ3v) is 3.37. The number of hydrogen-bond acceptors (Lipinski definition) is 3. The molecule has 2 aromatic rings. The number of aromatic nitrogens is 1. The number of anilines is 1. The number of aryl methyl sites for hydroxylation is 1. The Morgan fingerprint density at radius 2 is 2.25 bits per heavy atom. The Hall–Kier alpha value is -1.59. The highest BCUT2D eigenvalue weighted by molar-refractivity contribution is 9.10. The quantitative estimate of drug-likeness (QED) is 0.907. The van der Waals surface area contributed by atoms with Crippen LogP contribution >= 0.6 is 27.5 Å². The fourth-order valence-electron chi connectivity index (χ4n) is 1.52. The van der Waals surface area contributed by atoms with E-state index < -0.39 is 0 Å². The van der Waals surface area contributed by atoms with Crippen LogP contribution < -0.4 is 10.1 Å². The third-order valence-electron chi connectivity index (χ3n) is 2.52. The molecule has 104 valence electrons. The minimum atomic E-state index is -0.270. The minimum absolute atomic E-state index is 0.101. The number of nitrogens with one attached hydrogen (secondary N) is 1. The first-order chi connectivity index (χ1) is 9.56. The first-order valence-electron chi connectivity index (χ1n) is 5.85. The van der Waals surface area contributed by atoms with Crippen molar-refractivity contribution in [3.05, 3.63) is 51.6 Å². The van der Waals surface area contributed by atoms with Crippen LogP contribution in [-0.4, -0.2) is 17.5 Å². The monoisotopic (exact) mass is 354 g/mol. The first-order valence-corrected chi connectivity index (χ1v) is 7.02. The smallest absolute Gasteiger partial charge is 0.263 e. The van der Waals surface area contributed by atoms with Gasteiger partial charge in [-0.25, -0.2) is 4.98 Å². The lowest BCUT2D eigenvalue weighted by atomic mass is 10.3. The van der Waals surface area contributed by atoms with Crippen molar-refractivity contribution in [2.24, 2.45) is 0 Å². The maximum absolute atomic E-state index is 11.8. The molecular formula is C14H12BrClN2O2. The zero-order valence-corrected chi connectivity index (χ0v) is 13.0. The molecule has 1 amide bonds. The van der Waals surface area contributed by atoms with Crippen molar-refractivity contribution in [2.45, 2.75) is 6.92 Å². The molecule has 20 heavy (non-hydrogen) atoms. The molecule has 1 heterocycles. The van der Waals surface area contributed by atoms with E-state index in [9.17, 15) is 4.79 Å². The fraction of sp³-hybridized carbons (Fsp3) is 0.143. The number of hydrogen-bond donors (Lipinski definition) is 1. The molecule has 0 bridgehead atoms. The number of nitrogens with zero attached hydrogens (tertiary/aromatic N) is 1. The largest absolute Gasteiger partial charge is 0.483 e. The fourth-order valence-corrected chi connectivity index (χ4v) is 2.32. The van der Waals surface area contributed by atoms with Crippen LogP contribution in [0, 0.1) is 6.92 Å². The normalized spacial score (nSPS) is 10.2. The Morgan fingerprint density at radius 1 is 1.45 bits per heavy atom. The average Bonchev–Trinajstić information content (AvgIpc) is 2.40. The van der Waals surface area contributed by atoms with Crippen LogP contribution in [0.2, 0.25) is 5.02 Å². The van der Waals surface area contributed by atoms with Gasteiger partial charge in [0.2, 0.25) is 0 Å². The molecule has 0 aliphatic carbocycles. The predicted octanol–water partition coefficient (Wildman–Crippen LogP) is 3.82. The van der Waals surface area contributed by atoms with Crippen molar-refractivity contribution < 1.29 is 9.53 Å². The summed E-state index contributed by atoms with van der Waals surface area (Å²) in [4.78, 5) is 15.9. The highest BCUT2D eigenvalue weighted by atomic mass is 79.9. The van der Waals surface area contributed by atoms with Crippen LogP contribution in [0.1, 0.15) is 5.56 Å². The molecule has 0 unspecified atom stereocenters. The summed E-state index contributed by atoms with van der Waals surface area (Å²) in [7, 11) is 0. The summed E-state index contributed by atoms with van der Waals surface area (Å²) >= 11 is 9.15. The van der Waals surface area contributed by atoms with E-state index in [2.05, 4.69) is 26.2 Å². The van der Waals surface area contributed by atoms with Crippen LogP contribution in [0.4, 0.5) is 5.82 Å². The van der Waals surface area contributed by atoms with Gasteiger partial charge in [0.25, 0.3) is 5.91 Å². The van der Waals surface area contributed by atoms with Gasteiger partial charge in [-0.3, -0.25) is 4.79 Å². The Morgan fingerprint density at radius 3 is 2.95 bits per heavy atom. The summed E-state index contributed by atoms with van der Waals surface area (Å²) in [6.45, 7) is 1.77. The Kier molecular flexibility index (Phi) is 4.98.